The molecule has 5 N–H and O–H groups in total. The van der Waals surface area contributed by atoms with Gasteiger partial charge in [0.25, 0.3) is 0 Å². The third-order valence-corrected chi connectivity index (χ3v) is 7.99. The summed E-state index contributed by atoms with van der Waals surface area (Å²) in [5, 5.41) is 53.6. The second-order valence-electron chi connectivity index (χ2n) is 9.77. The van der Waals surface area contributed by atoms with E-state index in [0.717, 1.165) is 0 Å². The molecule has 1 aliphatic heterocycles. The van der Waals surface area contributed by atoms with Gasteiger partial charge in [-0.1, -0.05) is 40.2 Å². The first-order chi connectivity index (χ1) is 17.9. The lowest BCUT2D eigenvalue weighted by Gasteiger charge is -2.43. The van der Waals surface area contributed by atoms with Gasteiger partial charge in [-0.2, -0.15) is 0 Å². The molecule has 6 unspecified atom stereocenters. The van der Waals surface area contributed by atoms with Crippen LogP contribution in [0.3, 0.4) is 0 Å². The highest BCUT2D eigenvalue weighted by Gasteiger charge is 2.51. The van der Waals surface area contributed by atoms with E-state index in [9.17, 15) is 44.3 Å². The van der Waals surface area contributed by atoms with Crippen molar-refractivity contribution in [2.45, 2.75) is 62.2 Å². The lowest BCUT2D eigenvalue weighted by atomic mass is 9.72. The molecule has 0 spiro atoms. The van der Waals surface area contributed by atoms with Crippen LogP contribution in [-0.2, 0) is 20.7 Å². The summed E-state index contributed by atoms with van der Waals surface area (Å²) in [7, 11) is 0. The third kappa shape index (κ3) is 3.90. The van der Waals surface area contributed by atoms with Gasteiger partial charge < -0.3 is 35.0 Å². The molecule has 2 aromatic rings. The predicted molar refractivity (Wildman–Crippen MR) is 130 cm³/mol. The van der Waals surface area contributed by atoms with Crippen LogP contribution in [0.5, 0.6) is 11.5 Å². The second-order valence-corrected chi connectivity index (χ2v) is 10.3. The summed E-state index contributed by atoms with van der Waals surface area (Å²) in [6.45, 7) is 1.37. The minimum atomic E-state index is -2.25. The van der Waals surface area contributed by atoms with E-state index in [4.69, 9.17) is 9.47 Å². The fourth-order valence-electron chi connectivity index (χ4n) is 5.40. The third-order valence-electron chi connectivity index (χ3n) is 7.48. The van der Waals surface area contributed by atoms with Gasteiger partial charge in [0, 0.05) is 35.1 Å². The number of benzene rings is 2. The van der Waals surface area contributed by atoms with E-state index in [2.05, 4.69) is 15.9 Å². The molecule has 0 aromatic heterocycles. The van der Waals surface area contributed by atoms with E-state index in [-0.39, 0.29) is 27.6 Å². The molecule has 0 amide bonds. The van der Waals surface area contributed by atoms with Crippen molar-refractivity contribution in [3.63, 3.8) is 0 Å². The summed E-state index contributed by atoms with van der Waals surface area (Å²) in [6, 6.07) is 5.86. The number of hydrogen-bond donors (Lipinski definition) is 5. The van der Waals surface area contributed by atoms with Gasteiger partial charge in [-0.3, -0.25) is 14.4 Å². The molecule has 1 saturated heterocycles. The van der Waals surface area contributed by atoms with Crippen LogP contribution in [0.4, 0.5) is 4.39 Å². The molecular formula is C26H24BrFO10. The summed E-state index contributed by atoms with van der Waals surface area (Å²) in [6.07, 6.45) is -11.2. The van der Waals surface area contributed by atoms with Crippen molar-refractivity contribution in [2.75, 3.05) is 5.33 Å². The van der Waals surface area contributed by atoms with Crippen molar-refractivity contribution in [2.24, 2.45) is 0 Å². The average Bonchev–Trinajstić information content (AvgIpc) is 2.90. The number of carbonyl (C=O) groups excluding carboxylic acids is 3. The number of halogens is 2. The van der Waals surface area contributed by atoms with E-state index in [1.54, 1.807) is 0 Å². The number of Topliss-reactive ketones (excluding diaryl/α,β-unsaturated/α-hetero) is 1. The van der Waals surface area contributed by atoms with Crippen molar-refractivity contribution in [3.8, 4) is 11.5 Å². The van der Waals surface area contributed by atoms with Crippen LogP contribution in [0, 0.1) is 0 Å². The molecule has 38 heavy (non-hydrogen) atoms. The zero-order valence-electron chi connectivity index (χ0n) is 19.9. The Hall–Kier alpha value is -2.74. The summed E-state index contributed by atoms with van der Waals surface area (Å²) >= 11 is 3.00. The normalized spacial score (nSPS) is 32.4. The first-order valence-corrected chi connectivity index (χ1v) is 12.9. The van der Waals surface area contributed by atoms with Crippen LogP contribution in [0.15, 0.2) is 24.3 Å². The van der Waals surface area contributed by atoms with Crippen molar-refractivity contribution in [1.29, 1.82) is 0 Å². The first kappa shape index (κ1) is 26.9. The maximum Gasteiger partial charge on any atom is 0.198 e. The lowest BCUT2D eigenvalue weighted by molar-refractivity contribution is -0.294. The van der Waals surface area contributed by atoms with Gasteiger partial charge in [-0.05, 0) is 6.92 Å². The topological polar surface area (TPSA) is 171 Å². The Morgan fingerprint density at radius 3 is 2.26 bits per heavy atom. The minimum Gasteiger partial charge on any atom is -0.507 e. The number of aliphatic hydroxyl groups is 3. The second kappa shape index (κ2) is 9.47. The molecule has 1 fully saturated rings. The molecule has 3 aliphatic rings. The molecule has 2 aliphatic carbocycles. The highest BCUT2D eigenvalue weighted by atomic mass is 79.9. The molecular weight excluding hydrogens is 571 g/mol. The SMILES string of the molecule is CC1OC(OC2C[C@](O)(C(=O)CBr)Cc3c(O)c4c(c(O)c32)C(=O)c2ccccc2C4=O)C(F)C(O)C1O. The minimum absolute atomic E-state index is 0.00395. The Balaban J connectivity index is 1.68. The van der Waals surface area contributed by atoms with Gasteiger partial charge in [-0.15, -0.1) is 0 Å². The summed E-state index contributed by atoms with van der Waals surface area (Å²) in [5.41, 5.74) is -3.59. The standard InChI is InChI=1S/C26H24BrFO10/c1-9-19(30)24(35)18(28)25(37-9)38-13-7-26(36,14(29)8-27)6-12-15(13)23(34)17-16(22(12)33)20(31)10-4-2-3-5-11(10)21(17)32/h2-5,9,13,18-19,24-25,30,33-36H,6-8H2,1H3/t9?,13?,18?,19?,24?,25?,26-/m0/s1. The zero-order chi connectivity index (χ0) is 27.7. The van der Waals surface area contributed by atoms with E-state index in [1.807, 2.05) is 0 Å². The van der Waals surface area contributed by atoms with E-state index in [1.165, 1.54) is 31.2 Å². The van der Waals surface area contributed by atoms with Gasteiger partial charge in [-0.25, -0.2) is 4.39 Å². The monoisotopic (exact) mass is 594 g/mol. The Labute approximate surface area is 223 Å². The molecule has 1 heterocycles. The number of alkyl halides is 2. The molecule has 7 atom stereocenters. The lowest BCUT2D eigenvalue weighted by Crippen LogP contribution is -2.56. The molecule has 202 valence electrons. The highest BCUT2D eigenvalue weighted by molar-refractivity contribution is 9.09. The van der Waals surface area contributed by atoms with Gasteiger partial charge in [0.1, 0.15) is 29.3 Å². The summed E-state index contributed by atoms with van der Waals surface area (Å²) < 4.78 is 26.1. The van der Waals surface area contributed by atoms with Crippen LogP contribution in [0.2, 0.25) is 0 Å². The number of rotatable bonds is 4. The quantitative estimate of drug-likeness (QED) is 0.219. The van der Waals surface area contributed by atoms with Crippen molar-refractivity contribution >= 4 is 33.3 Å². The largest absolute Gasteiger partial charge is 0.507 e. The van der Waals surface area contributed by atoms with Crippen molar-refractivity contribution in [1.82, 2.24) is 0 Å². The zero-order valence-corrected chi connectivity index (χ0v) is 21.5. The van der Waals surface area contributed by atoms with E-state index in [0.29, 0.717) is 0 Å². The number of ketones is 3. The predicted octanol–water partition coefficient (Wildman–Crippen LogP) is 1.38. The van der Waals surface area contributed by atoms with Gasteiger partial charge >= 0.3 is 0 Å². The number of ether oxygens (including phenoxy) is 2. The van der Waals surface area contributed by atoms with E-state index >= 15 is 0 Å². The number of phenols is 2. The summed E-state index contributed by atoms with van der Waals surface area (Å²) in [5.74, 6) is -3.65. The van der Waals surface area contributed by atoms with Gasteiger partial charge in [0.2, 0.25) is 0 Å². The first-order valence-electron chi connectivity index (χ1n) is 11.8. The number of aliphatic hydroxyl groups excluding tert-OH is 2. The molecule has 0 bridgehead atoms. The van der Waals surface area contributed by atoms with Crippen molar-refractivity contribution < 1.29 is 53.8 Å². The molecule has 12 heteroatoms. The number of hydrogen-bond acceptors (Lipinski definition) is 10. The Morgan fingerprint density at radius 1 is 1.11 bits per heavy atom. The molecule has 0 saturated carbocycles. The van der Waals surface area contributed by atoms with Gasteiger partial charge in [0.15, 0.2) is 29.8 Å². The number of fused-ring (bicyclic) bond motifs is 3. The smallest absolute Gasteiger partial charge is 0.198 e. The fraction of sp³-hybridized carbons (Fsp3) is 0.423. The molecule has 5 rings (SSSR count). The molecule has 2 aromatic carbocycles. The Bertz CT molecular complexity index is 1360. The maximum atomic E-state index is 14.9. The fourth-order valence-corrected chi connectivity index (χ4v) is 5.92. The maximum absolute atomic E-state index is 14.9. The van der Waals surface area contributed by atoms with Crippen molar-refractivity contribution in [3.05, 3.63) is 57.6 Å². The van der Waals surface area contributed by atoms with Crippen LogP contribution in [0.25, 0.3) is 0 Å². The Morgan fingerprint density at radius 2 is 1.68 bits per heavy atom. The number of carbonyl (C=O) groups is 3. The van der Waals surface area contributed by atoms with E-state index < -0.39 is 95.3 Å². The summed E-state index contributed by atoms with van der Waals surface area (Å²) in [4.78, 5) is 39.4. The average molecular weight is 595 g/mol. The van der Waals surface area contributed by atoms with Crippen LogP contribution in [-0.4, -0.2) is 84.6 Å². The molecule has 0 radical (unpaired) electrons. The Kier molecular flexibility index (Phi) is 6.69. The van der Waals surface area contributed by atoms with Crippen LogP contribution < -0.4 is 0 Å². The van der Waals surface area contributed by atoms with Crippen LogP contribution in [0.1, 0.15) is 62.4 Å². The van der Waals surface area contributed by atoms with Gasteiger partial charge in [0.05, 0.1) is 28.7 Å². The molecule has 10 nitrogen and oxygen atoms in total. The van der Waals surface area contributed by atoms with Crippen LogP contribution >= 0.6 is 15.9 Å². The number of phenolic OH excluding ortho intramolecular Hbond substituents is 2. The highest BCUT2D eigenvalue weighted by Crippen LogP contribution is 2.52. The number of aromatic hydroxyl groups is 2.